The highest BCUT2D eigenvalue weighted by Gasteiger charge is 2.11. The SMILES string of the molecule is CS(=O)(=O)c1ccc(C(O)COc2cccc(Cl)c2)cc1. The van der Waals surface area contributed by atoms with Crippen molar-refractivity contribution >= 4 is 21.4 Å². The van der Waals surface area contributed by atoms with Gasteiger partial charge in [-0.2, -0.15) is 0 Å². The summed E-state index contributed by atoms with van der Waals surface area (Å²) >= 11 is 5.84. The summed E-state index contributed by atoms with van der Waals surface area (Å²) in [5.41, 5.74) is 0.587. The monoisotopic (exact) mass is 326 g/mol. The van der Waals surface area contributed by atoms with Crippen LogP contribution < -0.4 is 4.74 Å². The molecule has 0 aliphatic carbocycles. The van der Waals surface area contributed by atoms with E-state index in [0.717, 1.165) is 6.26 Å². The molecule has 1 N–H and O–H groups in total. The summed E-state index contributed by atoms with van der Waals surface area (Å²) in [6.45, 7) is 0.0541. The van der Waals surface area contributed by atoms with Gasteiger partial charge >= 0.3 is 0 Å². The molecular weight excluding hydrogens is 312 g/mol. The Hall–Kier alpha value is -1.56. The lowest BCUT2D eigenvalue weighted by atomic mass is 10.1. The van der Waals surface area contributed by atoms with Gasteiger partial charge in [0.2, 0.25) is 0 Å². The molecule has 0 fully saturated rings. The number of rotatable bonds is 5. The van der Waals surface area contributed by atoms with Crippen LogP contribution in [0.5, 0.6) is 5.75 Å². The van der Waals surface area contributed by atoms with E-state index in [4.69, 9.17) is 16.3 Å². The van der Waals surface area contributed by atoms with Crippen LogP contribution in [-0.2, 0) is 9.84 Å². The number of hydrogen-bond acceptors (Lipinski definition) is 4. The van der Waals surface area contributed by atoms with Crippen LogP contribution in [0.25, 0.3) is 0 Å². The third-order valence-electron chi connectivity index (χ3n) is 2.90. The number of sulfone groups is 1. The number of aliphatic hydroxyl groups is 1. The molecule has 2 aromatic carbocycles. The fourth-order valence-electron chi connectivity index (χ4n) is 1.77. The van der Waals surface area contributed by atoms with Crippen molar-refractivity contribution in [3.8, 4) is 5.75 Å². The fraction of sp³-hybridized carbons (Fsp3) is 0.200. The predicted octanol–water partition coefficient (Wildman–Crippen LogP) is 2.86. The molecule has 2 rings (SSSR count). The van der Waals surface area contributed by atoms with Crippen LogP contribution >= 0.6 is 11.6 Å². The van der Waals surface area contributed by atoms with Crippen molar-refractivity contribution in [2.45, 2.75) is 11.0 Å². The van der Waals surface area contributed by atoms with E-state index in [-0.39, 0.29) is 11.5 Å². The Morgan fingerprint density at radius 2 is 1.86 bits per heavy atom. The van der Waals surface area contributed by atoms with Crippen LogP contribution in [0.2, 0.25) is 5.02 Å². The second kappa shape index (κ2) is 6.47. The highest BCUT2D eigenvalue weighted by Crippen LogP contribution is 2.20. The Morgan fingerprint density at radius 3 is 2.43 bits per heavy atom. The van der Waals surface area contributed by atoms with Crippen LogP contribution in [0.1, 0.15) is 11.7 Å². The average Bonchev–Trinajstić information content (AvgIpc) is 2.44. The highest BCUT2D eigenvalue weighted by atomic mass is 35.5. The predicted molar refractivity (Wildman–Crippen MR) is 81.5 cm³/mol. The molecule has 112 valence electrons. The number of halogens is 1. The van der Waals surface area contributed by atoms with Crippen molar-refractivity contribution in [2.24, 2.45) is 0 Å². The van der Waals surface area contributed by atoms with Crippen molar-refractivity contribution in [1.82, 2.24) is 0 Å². The van der Waals surface area contributed by atoms with Gasteiger partial charge in [0, 0.05) is 11.3 Å². The molecule has 0 saturated heterocycles. The lowest BCUT2D eigenvalue weighted by Crippen LogP contribution is -2.10. The molecule has 4 nitrogen and oxygen atoms in total. The van der Waals surface area contributed by atoms with Gasteiger partial charge in [0.25, 0.3) is 0 Å². The molecule has 0 aromatic heterocycles. The van der Waals surface area contributed by atoms with Gasteiger partial charge in [-0.25, -0.2) is 8.42 Å². The fourth-order valence-corrected chi connectivity index (χ4v) is 2.58. The first kappa shape index (κ1) is 15.8. The molecule has 0 aliphatic rings. The van der Waals surface area contributed by atoms with E-state index in [1.165, 1.54) is 12.1 Å². The summed E-state index contributed by atoms with van der Waals surface area (Å²) in [6, 6.07) is 13.0. The van der Waals surface area contributed by atoms with Crippen LogP contribution in [0.3, 0.4) is 0 Å². The van der Waals surface area contributed by atoms with Gasteiger partial charge < -0.3 is 9.84 Å². The molecule has 1 atom stereocenters. The molecule has 0 bridgehead atoms. The Bertz CT molecular complexity index is 711. The van der Waals surface area contributed by atoms with Crippen LogP contribution in [0.15, 0.2) is 53.4 Å². The first-order chi connectivity index (χ1) is 9.86. The average molecular weight is 327 g/mol. The lowest BCUT2D eigenvalue weighted by molar-refractivity contribution is 0.108. The largest absolute Gasteiger partial charge is 0.490 e. The molecule has 2 aromatic rings. The van der Waals surface area contributed by atoms with E-state index in [9.17, 15) is 13.5 Å². The molecule has 0 saturated carbocycles. The van der Waals surface area contributed by atoms with Gasteiger partial charge in [0.1, 0.15) is 18.5 Å². The Morgan fingerprint density at radius 1 is 1.19 bits per heavy atom. The molecule has 0 heterocycles. The summed E-state index contributed by atoms with van der Waals surface area (Å²) in [5.74, 6) is 0.564. The maximum absolute atomic E-state index is 11.4. The van der Waals surface area contributed by atoms with Crippen molar-refractivity contribution in [1.29, 1.82) is 0 Å². The van der Waals surface area contributed by atoms with E-state index in [1.54, 1.807) is 36.4 Å². The number of aliphatic hydroxyl groups excluding tert-OH is 1. The molecule has 0 radical (unpaired) electrons. The second-order valence-electron chi connectivity index (χ2n) is 4.63. The minimum absolute atomic E-state index is 0.0541. The molecule has 1 unspecified atom stereocenters. The first-order valence-electron chi connectivity index (χ1n) is 6.23. The number of hydrogen-bond donors (Lipinski definition) is 1. The zero-order chi connectivity index (χ0) is 15.5. The van der Waals surface area contributed by atoms with Gasteiger partial charge in [-0.3, -0.25) is 0 Å². The van der Waals surface area contributed by atoms with Gasteiger partial charge in [-0.15, -0.1) is 0 Å². The summed E-state index contributed by atoms with van der Waals surface area (Å²) in [4.78, 5) is 0.217. The summed E-state index contributed by atoms with van der Waals surface area (Å²) < 4.78 is 28.2. The Balaban J connectivity index is 2.02. The van der Waals surface area contributed by atoms with Crippen molar-refractivity contribution in [3.63, 3.8) is 0 Å². The topological polar surface area (TPSA) is 63.6 Å². The van der Waals surface area contributed by atoms with Crippen molar-refractivity contribution in [2.75, 3.05) is 12.9 Å². The molecule has 6 heteroatoms. The van der Waals surface area contributed by atoms with Crippen molar-refractivity contribution in [3.05, 3.63) is 59.1 Å². The normalized spacial score (nSPS) is 12.9. The van der Waals surface area contributed by atoms with Gasteiger partial charge in [0.05, 0.1) is 4.90 Å². The minimum atomic E-state index is -3.23. The lowest BCUT2D eigenvalue weighted by Gasteiger charge is -2.13. The number of ether oxygens (including phenoxy) is 1. The zero-order valence-corrected chi connectivity index (χ0v) is 12.9. The van der Waals surface area contributed by atoms with Crippen LogP contribution in [0, 0.1) is 0 Å². The summed E-state index contributed by atoms with van der Waals surface area (Å²) in [7, 11) is -3.23. The van der Waals surface area contributed by atoms with Crippen LogP contribution in [-0.4, -0.2) is 26.4 Å². The Kier molecular flexibility index (Phi) is 4.88. The quantitative estimate of drug-likeness (QED) is 0.917. The highest BCUT2D eigenvalue weighted by molar-refractivity contribution is 7.90. The summed E-state index contributed by atoms with van der Waals surface area (Å²) in [6.07, 6.45) is 0.290. The maximum atomic E-state index is 11.4. The van der Waals surface area contributed by atoms with Gasteiger partial charge in [-0.05, 0) is 35.9 Å². The zero-order valence-electron chi connectivity index (χ0n) is 11.4. The van der Waals surface area contributed by atoms with Gasteiger partial charge in [0.15, 0.2) is 9.84 Å². The number of benzene rings is 2. The third kappa shape index (κ3) is 4.46. The Labute approximate surface area is 128 Å². The van der Waals surface area contributed by atoms with E-state index in [2.05, 4.69) is 0 Å². The van der Waals surface area contributed by atoms with E-state index >= 15 is 0 Å². The third-order valence-corrected chi connectivity index (χ3v) is 4.26. The molecule has 0 aliphatic heterocycles. The van der Waals surface area contributed by atoms with E-state index in [1.807, 2.05) is 0 Å². The van der Waals surface area contributed by atoms with E-state index < -0.39 is 15.9 Å². The second-order valence-corrected chi connectivity index (χ2v) is 7.08. The smallest absolute Gasteiger partial charge is 0.175 e. The molecule has 21 heavy (non-hydrogen) atoms. The van der Waals surface area contributed by atoms with E-state index in [0.29, 0.717) is 16.3 Å². The first-order valence-corrected chi connectivity index (χ1v) is 8.49. The molecular formula is C15H15ClO4S. The maximum Gasteiger partial charge on any atom is 0.175 e. The van der Waals surface area contributed by atoms with Crippen molar-refractivity contribution < 1.29 is 18.3 Å². The van der Waals surface area contributed by atoms with Gasteiger partial charge in [-0.1, -0.05) is 29.8 Å². The van der Waals surface area contributed by atoms with Crippen LogP contribution in [0.4, 0.5) is 0 Å². The molecule has 0 amide bonds. The summed E-state index contributed by atoms with van der Waals surface area (Å²) in [5, 5.41) is 10.6. The molecule has 0 spiro atoms. The minimum Gasteiger partial charge on any atom is -0.490 e. The standard InChI is InChI=1S/C15H15ClO4S/c1-21(18,19)14-7-5-11(6-8-14)15(17)10-20-13-4-2-3-12(16)9-13/h2-9,15,17H,10H2,1H3.